The molecular weight excluding hydrogens is 1560 g/mol. The molecule has 6 heterocycles. The molecule has 7 aromatic carbocycles. The topological polar surface area (TPSA) is 179 Å². The fourth-order valence-electron chi connectivity index (χ4n) is 11.0. The fourth-order valence-corrected chi connectivity index (χ4v) is 18.7. The smallest absolute Gasteiger partial charge is 1.00 e. The number of thioether (sulfide) groups is 2. The summed E-state index contributed by atoms with van der Waals surface area (Å²) in [6.07, 6.45) is -0.0930. The number of ketones is 3. The normalized spacial score (nSPS) is 19.0. The molecule has 29 heteroatoms. The molecule has 5 atom stereocenters. The first-order chi connectivity index (χ1) is 46.8. The predicted octanol–water partition coefficient (Wildman–Crippen LogP) is 8.48. The van der Waals surface area contributed by atoms with E-state index in [4.69, 9.17) is 56.5 Å². The molecular formula is C71H55Cl4F3K2N3NaO9S7. The number of Topliss-reactive ketones (excluding diaryl/α,β-unsaturated/α-hetero) is 3. The Kier molecular flexibility index (Phi) is 35.5. The summed E-state index contributed by atoms with van der Waals surface area (Å²) in [6.45, 7) is -0.181. The molecule has 3 aliphatic rings. The van der Waals surface area contributed by atoms with E-state index >= 15 is 0 Å². The Morgan fingerprint density at radius 3 is 1.25 bits per heavy atom. The van der Waals surface area contributed by atoms with E-state index in [1.807, 2.05) is 105 Å². The molecule has 3 fully saturated rings. The summed E-state index contributed by atoms with van der Waals surface area (Å²) in [6, 6.07) is 54.0. The van der Waals surface area contributed by atoms with Crippen molar-refractivity contribution in [1.29, 1.82) is 0 Å². The van der Waals surface area contributed by atoms with Gasteiger partial charge in [0.05, 0.1) is 26.5 Å². The first-order valence-electron chi connectivity index (χ1n) is 29.0. The van der Waals surface area contributed by atoms with Gasteiger partial charge in [0.25, 0.3) is 6.47 Å². The van der Waals surface area contributed by atoms with Gasteiger partial charge in [0.1, 0.15) is 50.4 Å². The summed E-state index contributed by atoms with van der Waals surface area (Å²) in [7, 11) is 4.87. The molecule has 5 unspecified atom stereocenters. The van der Waals surface area contributed by atoms with Gasteiger partial charge >= 0.3 is 132 Å². The van der Waals surface area contributed by atoms with Crippen LogP contribution < -0.4 is 148 Å². The Balaban J connectivity index is 0.000000284. The van der Waals surface area contributed by atoms with Gasteiger partial charge in [0.2, 0.25) is 17.7 Å². The number of rotatable bonds is 14. The standard InChI is InChI=1S/C22H17ClFNO2S2.C21H15ClFNO2S2.C15H12FNO2S.C12H8Cl2S2.CH2O3.2K.Na.2H/c1-25-21(27)20(29-19-9-5-3-7-16(19)23)18(26)12-22(25,14-10-11-28-13-14)15-6-2-4-8-17(15)24;22-15-6-2-4-8-18(15)28-19-17(25)11-21(24-20(19)26,13-9-10-27-12-13)14-5-1-3-7-16(14)23;16-13-4-2-1-3-12(13)15(10-5-6-20-9-10)8-11(18)7-14(19)17-15;13-9-5-1-3-7-11(9)15-16-12-8-4-2-6-10(12)14;2-1-4-3;;;;;/h2-11,13,20H,12H2,1H3;1-10,12,19H,11H2,(H,24,26);1-6,9H,7-8H2,(H,17,19);1-8H;1,3H;;;;;/q;;;;;3*+1;2*-1/p-1. The minimum Gasteiger partial charge on any atom is -1.00 e. The molecule has 3 saturated heterocycles. The van der Waals surface area contributed by atoms with Gasteiger partial charge in [-0.25, -0.2) is 13.2 Å². The number of nitrogens with zero attached hydrogens (tertiary/aromatic N) is 1. The van der Waals surface area contributed by atoms with Crippen molar-refractivity contribution >= 4 is 167 Å². The molecule has 12 nitrogen and oxygen atoms in total. The number of carbonyl (C=O) groups excluding carboxylic acids is 7. The van der Waals surface area contributed by atoms with Crippen molar-refractivity contribution in [2.24, 2.45) is 0 Å². The summed E-state index contributed by atoms with van der Waals surface area (Å²) in [5, 5.41) is 26.0. The van der Waals surface area contributed by atoms with Crippen molar-refractivity contribution in [1.82, 2.24) is 15.5 Å². The average molecular weight is 1620 g/mol. The molecule has 0 bridgehead atoms. The summed E-state index contributed by atoms with van der Waals surface area (Å²) < 4.78 is 43.8. The van der Waals surface area contributed by atoms with Crippen molar-refractivity contribution < 1.29 is 192 Å². The van der Waals surface area contributed by atoms with Crippen molar-refractivity contribution in [2.75, 3.05) is 7.05 Å². The Hall–Kier alpha value is -2.89. The monoisotopic (exact) mass is 1610 g/mol. The largest absolute Gasteiger partial charge is 1.00 e. The van der Waals surface area contributed by atoms with E-state index in [9.17, 15) is 41.9 Å². The third-order valence-electron chi connectivity index (χ3n) is 15.4. The van der Waals surface area contributed by atoms with E-state index in [0.29, 0.717) is 36.5 Å². The predicted molar refractivity (Wildman–Crippen MR) is 383 cm³/mol. The van der Waals surface area contributed by atoms with Gasteiger partial charge in [-0.2, -0.15) is 34.0 Å². The minimum atomic E-state index is -1.21. The van der Waals surface area contributed by atoms with Gasteiger partial charge in [0, 0.05) is 62.6 Å². The molecule has 2 N–H and O–H groups in total. The maximum atomic E-state index is 14.9. The van der Waals surface area contributed by atoms with Crippen LogP contribution in [0.15, 0.2) is 240 Å². The number of halogens is 7. The van der Waals surface area contributed by atoms with E-state index in [2.05, 4.69) is 15.5 Å². The summed E-state index contributed by atoms with van der Waals surface area (Å²) in [5.74, 6) is -3.18. The third kappa shape index (κ3) is 21.0. The number of carbonyl (C=O) groups is 7. The minimum absolute atomic E-state index is 0. The number of nitrogens with one attached hydrogen (secondary N) is 2. The van der Waals surface area contributed by atoms with Crippen LogP contribution in [-0.4, -0.2) is 64.0 Å². The molecule has 10 aromatic rings. The van der Waals surface area contributed by atoms with Crippen LogP contribution in [0.5, 0.6) is 0 Å². The van der Waals surface area contributed by atoms with Gasteiger partial charge in [-0.3, -0.25) is 33.6 Å². The van der Waals surface area contributed by atoms with Gasteiger partial charge in [-0.1, -0.05) is 171 Å². The number of piperidine rings is 3. The average Bonchev–Trinajstić information content (AvgIpc) is 1.16. The first-order valence-corrected chi connectivity index (χ1v) is 37.2. The molecule has 0 aliphatic carbocycles. The maximum Gasteiger partial charge on any atom is 1.00 e. The Labute approximate surface area is 734 Å². The maximum absolute atomic E-state index is 14.9. The zero-order valence-electron chi connectivity index (χ0n) is 55.5. The molecule has 3 aliphatic heterocycles. The second kappa shape index (κ2) is 41.3. The number of hydrogen-bond donors (Lipinski definition) is 2. The molecule has 100 heavy (non-hydrogen) atoms. The SMILES string of the molecule is CN1C(=O)C(Sc2ccccc2Cl)C(=O)CC1(c1ccsc1)c1ccccc1F.Clc1ccccc1SSc1ccccc1Cl.O=C1CC(=O)NC(c2ccsc2)(c2ccccc2F)C1.O=C1CC(c2ccsc2)(c2ccccc2F)NC(=O)C1Sc1ccccc1Cl.O=CO[O-].[H-].[H-].[K+].[K+].[Na+]. The van der Waals surface area contributed by atoms with Gasteiger partial charge in [-0.05, 0) is 134 Å². The Bertz CT molecular complexity index is 4380. The fraction of sp³-hybridized carbons (Fsp3) is 0.141. The van der Waals surface area contributed by atoms with Crippen molar-refractivity contribution in [3.63, 3.8) is 0 Å². The number of likely N-dealkylation sites (tertiary alicyclic amines) is 1. The second-order valence-corrected chi connectivity index (χ2v) is 29.8. The molecule has 0 radical (unpaired) electrons. The van der Waals surface area contributed by atoms with Crippen LogP contribution in [0.1, 0.15) is 61.9 Å². The zero-order chi connectivity index (χ0) is 69.3. The summed E-state index contributed by atoms with van der Waals surface area (Å²) in [4.78, 5) is 92.6. The molecule has 0 saturated carbocycles. The van der Waals surface area contributed by atoms with Crippen molar-refractivity contribution in [3.05, 3.63) is 291 Å². The number of thiophene rings is 3. The first kappa shape index (κ1) is 86.0. The summed E-state index contributed by atoms with van der Waals surface area (Å²) in [5.41, 5.74) is -0.344. The number of benzene rings is 7. The Morgan fingerprint density at radius 2 is 0.870 bits per heavy atom. The van der Waals surface area contributed by atoms with Crippen LogP contribution in [0, 0.1) is 17.5 Å². The third-order valence-corrected chi connectivity index (χ3v) is 24.4. The van der Waals surface area contributed by atoms with Gasteiger partial charge in [-0.15, -0.1) is 23.5 Å². The van der Waals surface area contributed by atoms with Gasteiger partial charge in [0.15, 0.2) is 11.6 Å². The van der Waals surface area contributed by atoms with Crippen LogP contribution >= 0.6 is 126 Å². The van der Waals surface area contributed by atoms with Crippen molar-refractivity contribution in [2.45, 2.75) is 72.4 Å². The van der Waals surface area contributed by atoms with Crippen LogP contribution in [0.3, 0.4) is 0 Å². The van der Waals surface area contributed by atoms with Crippen molar-refractivity contribution in [3.8, 4) is 0 Å². The van der Waals surface area contributed by atoms with Crippen LogP contribution in [0.25, 0.3) is 0 Å². The number of hydrogen-bond acceptors (Lipinski definition) is 16. The van der Waals surface area contributed by atoms with E-state index in [0.717, 1.165) is 54.5 Å². The quantitative estimate of drug-likeness (QED) is 0.0265. The van der Waals surface area contributed by atoms with Crippen LogP contribution in [0.2, 0.25) is 20.1 Å². The van der Waals surface area contributed by atoms with Crippen LogP contribution in [-0.2, 0) is 55.1 Å². The van der Waals surface area contributed by atoms with Crippen LogP contribution in [0.4, 0.5) is 13.2 Å². The molecule has 502 valence electrons. The van der Waals surface area contributed by atoms with E-state index in [1.165, 1.54) is 57.1 Å². The Morgan fingerprint density at radius 1 is 0.510 bits per heavy atom. The van der Waals surface area contributed by atoms with E-state index in [1.54, 1.807) is 126 Å². The van der Waals surface area contributed by atoms with E-state index in [-0.39, 0.29) is 202 Å². The van der Waals surface area contributed by atoms with E-state index < -0.39 is 50.5 Å². The number of amides is 3. The second-order valence-electron chi connectivity index (χ2n) is 21.3. The molecule has 0 spiro atoms. The van der Waals surface area contributed by atoms with Gasteiger partial charge < -0.3 is 28.5 Å². The molecule has 3 aromatic heterocycles. The summed E-state index contributed by atoms with van der Waals surface area (Å²) >= 11 is 31.1. The molecule has 3 amide bonds. The zero-order valence-corrected chi connectivity index (χ0v) is 70.5. The molecule has 13 rings (SSSR count).